The van der Waals surface area contributed by atoms with Crippen LogP contribution in [-0.2, 0) is 16.0 Å². The number of aliphatic carboxylic acids is 1. The Morgan fingerprint density at radius 3 is 2.47 bits per heavy atom. The number of carbonyl (C=O) groups is 3. The lowest BCUT2D eigenvalue weighted by Crippen LogP contribution is -2.46. The zero-order valence-electron chi connectivity index (χ0n) is 15.6. The maximum Gasteiger partial charge on any atom is 0.326 e. The minimum atomic E-state index is -1.23. The topological polar surface area (TPSA) is 146 Å². The number of hydrogen-bond acceptors (Lipinski definition) is 5. The number of nitrogens with one attached hydrogen (secondary N) is 3. The fraction of sp³-hybridized carbons (Fsp3) is 0.158. The first-order valence-corrected chi connectivity index (χ1v) is 9.38. The lowest BCUT2D eigenvalue weighted by atomic mass is 10.1. The summed E-state index contributed by atoms with van der Waals surface area (Å²) in [5, 5.41) is 14.9. The summed E-state index contributed by atoms with van der Waals surface area (Å²) < 4.78 is 0. The predicted octanol–water partition coefficient (Wildman–Crippen LogP) is 1.66. The van der Waals surface area contributed by atoms with Gasteiger partial charge in [-0.25, -0.2) is 15.6 Å². The van der Waals surface area contributed by atoms with Crippen molar-refractivity contribution in [3.63, 3.8) is 0 Å². The first-order chi connectivity index (χ1) is 14.3. The van der Waals surface area contributed by atoms with E-state index in [-0.39, 0.29) is 12.0 Å². The Kier molecular flexibility index (Phi) is 8.60. The zero-order chi connectivity index (χ0) is 22.1. The van der Waals surface area contributed by atoms with Crippen molar-refractivity contribution in [2.45, 2.75) is 12.5 Å². The largest absolute Gasteiger partial charge is 0.480 e. The molecule has 0 saturated heterocycles. The quantitative estimate of drug-likeness (QED) is 0.169. The average molecular weight is 452 g/mol. The van der Waals surface area contributed by atoms with Gasteiger partial charge in [0.2, 0.25) is 5.91 Å². The zero-order valence-corrected chi connectivity index (χ0v) is 17.1. The summed E-state index contributed by atoms with van der Waals surface area (Å²) in [5.41, 5.74) is 3.56. The molecule has 30 heavy (non-hydrogen) atoms. The Bertz CT molecular complexity index is 947. The summed E-state index contributed by atoms with van der Waals surface area (Å²) in [4.78, 5) is 39.8. The van der Waals surface area contributed by atoms with E-state index in [0.29, 0.717) is 21.3 Å². The van der Waals surface area contributed by atoms with Crippen LogP contribution in [0.2, 0.25) is 10.0 Å². The van der Waals surface area contributed by atoms with Gasteiger partial charge in [0.15, 0.2) is 0 Å². The van der Waals surface area contributed by atoms with Gasteiger partial charge < -0.3 is 21.2 Å². The van der Waals surface area contributed by atoms with E-state index in [1.54, 1.807) is 30.3 Å². The maximum absolute atomic E-state index is 12.2. The molecule has 0 aromatic heterocycles. The number of hydrogen-bond donors (Lipinski definition) is 5. The number of rotatable bonds is 9. The Balaban J connectivity index is 1.95. The molecule has 0 aliphatic carbocycles. The Morgan fingerprint density at radius 2 is 1.83 bits per heavy atom. The number of nitrogens with two attached hydrogens (primary N) is 1. The van der Waals surface area contributed by atoms with E-state index < -0.39 is 30.4 Å². The predicted molar refractivity (Wildman–Crippen MR) is 114 cm³/mol. The summed E-state index contributed by atoms with van der Waals surface area (Å²) in [6.07, 6.45) is 1.23. The number of hydrazine groups is 1. The molecule has 0 heterocycles. The van der Waals surface area contributed by atoms with Crippen molar-refractivity contribution < 1.29 is 19.5 Å². The third-order valence-corrected chi connectivity index (χ3v) is 4.24. The van der Waals surface area contributed by atoms with Gasteiger partial charge in [-0.2, -0.15) is 0 Å². The molecule has 0 spiro atoms. The van der Waals surface area contributed by atoms with Crippen LogP contribution in [0.25, 0.3) is 0 Å². The first kappa shape index (κ1) is 23.1. The van der Waals surface area contributed by atoms with Crippen molar-refractivity contribution in [2.24, 2.45) is 10.8 Å². The molecule has 2 amide bonds. The van der Waals surface area contributed by atoms with E-state index in [2.05, 4.69) is 21.1 Å². The molecule has 1 atom stereocenters. The number of carbonyl (C=O) groups excluding carboxylic acids is 2. The van der Waals surface area contributed by atoms with Crippen molar-refractivity contribution in [3.05, 3.63) is 63.6 Å². The number of benzene rings is 2. The van der Waals surface area contributed by atoms with Crippen molar-refractivity contribution >= 4 is 53.0 Å². The highest BCUT2D eigenvalue weighted by Gasteiger charge is 2.21. The summed E-state index contributed by atoms with van der Waals surface area (Å²) in [5.74, 6) is 2.69. The summed E-state index contributed by atoms with van der Waals surface area (Å²) >= 11 is 11.8. The van der Waals surface area contributed by atoms with E-state index in [9.17, 15) is 19.5 Å². The summed E-state index contributed by atoms with van der Waals surface area (Å²) in [6.45, 7) is -0.406. The van der Waals surface area contributed by atoms with E-state index in [1.165, 1.54) is 18.5 Å². The molecule has 6 N–H and O–H groups in total. The number of carboxylic acids is 1. The highest BCUT2D eigenvalue weighted by atomic mass is 35.5. The second kappa shape index (κ2) is 11.1. The standard InChI is InChI=1S/C19H19Cl2N5O4/c20-13-4-11(5-14(21)8-13)6-16(19(29)30)26-17(27)9-23-18(28)12-2-1-3-15(7-12)24-10-25-22/h1-5,7-8,10,16H,6,9,22H2,(H,23,28)(H,24,25)(H,26,27)(H,29,30). The van der Waals surface area contributed by atoms with Crippen molar-refractivity contribution in [2.75, 3.05) is 6.54 Å². The Labute approximate surface area is 182 Å². The monoisotopic (exact) mass is 451 g/mol. The van der Waals surface area contributed by atoms with Crippen LogP contribution in [-0.4, -0.2) is 41.8 Å². The number of aliphatic imine (C=N–C) groups is 1. The first-order valence-electron chi connectivity index (χ1n) is 8.62. The molecule has 0 aliphatic heterocycles. The highest BCUT2D eigenvalue weighted by Crippen LogP contribution is 2.20. The van der Waals surface area contributed by atoms with Gasteiger partial charge in [-0.3, -0.25) is 9.59 Å². The molecular formula is C19H19Cl2N5O4. The van der Waals surface area contributed by atoms with E-state index in [0.717, 1.165) is 0 Å². The van der Waals surface area contributed by atoms with Crippen LogP contribution in [0.5, 0.6) is 0 Å². The molecule has 2 aromatic carbocycles. The normalized spacial score (nSPS) is 11.7. The van der Waals surface area contributed by atoms with Crippen LogP contribution in [0.15, 0.2) is 47.5 Å². The van der Waals surface area contributed by atoms with Crippen LogP contribution < -0.4 is 21.9 Å². The number of nitrogens with zero attached hydrogens (tertiary/aromatic N) is 1. The third-order valence-electron chi connectivity index (χ3n) is 3.80. The molecule has 11 heteroatoms. The number of amides is 2. The fourth-order valence-corrected chi connectivity index (χ4v) is 3.08. The maximum atomic E-state index is 12.2. The van der Waals surface area contributed by atoms with E-state index >= 15 is 0 Å². The molecule has 2 aromatic rings. The van der Waals surface area contributed by atoms with Gasteiger partial charge in [0.05, 0.1) is 12.2 Å². The summed E-state index contributed by atoms with van der Waals surface area (Å²) in [6, 6.07) is 9.76. The molecule has 0 saturated carbocycles. The van der Waals surface area contributed by atoms with E-state index in [1.807, 2.05) is 0 Å². The highest BCUT2D eigenvalue weighted by molar-refractivity contribution is 6.34. The molecule has 2 rings (SSSR count). The molecule has 158 valence electrons. The van der Waals surface area contributed by atoms with Gasteiger partial charge in [0.25, 0.3) is 5.91 Å². The molecule has 0 fully saturated rings. The van der Waals surface area contributed by atoms with Crippen molar-refractivity contribution in [1.82, 2.24) is 16.1 Å². The second-order valence-electron chi connectivity index (χ2n) is 6.10. The minimum Gasteiger partial charge on any atom is -0.480 e. The van der Waals surface area contributed by atoms with Gasteiger partial charge >= 0.3 is 5.97 Å². The van der Waals surface area contributed by atoms with Gasteiger partial charge in [0, 0.05) is 22.0 Å². The number of halogens is 2. The smallest absolute Gasteiger partial charge is 0.326 e. The average Bonchev–Trinajstić information content (AvgIpc) is 2.69. The van der Waals surface area contributed by atoms with Crippen LogP contribution in [0.3, 0.4) is 0 Å². The number of carboxylic acid groups (broad SMARTS) is 1. The minimum absolute atomic E-state index is 0.0233. The lowest BCUT2D eigenvalue weighted by Gasteiger charge is -2.15. The van der Waals surface area contributed by atoms with Gasteiger partial charge in [-0.15, -0.1) is 0 Å². The molecule has 0 aliphatic rings. The Hall–Kier alpha value is -3.14. The third kappa shape index (κ3) is 7.36. The van der Waals surface area contributed by atoms with Crippen molar-refractivity contribution in [3.8, 4) is 0 Å². The lowest BCUT2D eigenvalue weighted by molar-refractivity contribution is -0.141. The second-order valence-corrected chi connectivity index (χ2v) is 6.97. The Morgan fingerprint density at radius 1 is 1.13 bits per heavy atom. The van der Waals surface area contributed by atoms with Crippen LogP contribution >= 0.6 is 23.2 Å². The molecule has 0 bridgehead atoms. The SMILES string of the molecule is NNC=Nc1cccc(C(=O)NCC(=O)NC(Cc2cc(Cl)cc(Cl)c2)C(=O)O)c1. The van der Waals surface area contributed by atoms with Crippen molar-refractivity contribution in [1.29, 1.82) is 0 Å². The summed E-state index contributed by atoms with van der Waals surface area (Å²) in [7, 11) is 0. The van der Waals surface area contributed by atoms with Gasteiger partial charge in [0.1, 0.15) is 12.4 Å². The molecule has 0 radical (unpaired) electrons. The van der Waals surface area contributed by atoms with Gasteiger partial charge in [-0.05, 0) is 42.0 Å². The van der Waals surface area contributed by atoms with Crippen LogP contribution in [0.4, 0.5) is 5.69 Å². The van der Waals surface area contributed by atoms with Gasteiger partial charge in [-0.1, -0.05) is 29.3 Å². The van der Waals surface area contributed by atoms with E-state index in [4.69, 9.17) is 29.0 Å². The molecule has 9 nitrogen and oxygen atoms in total. The fourth-order valence-electron chi connectivity index (χ4n) is 2.51. The van der Waals surface area contributed by atoms with Crippen LogP contribution in [0.1, 0.15) is 15.9 Å². The molecular weight excluding hydrogens is 433 g/mol. The molecule has 1 unspecified atom stereocenters. The van der Waals surface area contributed by atoms with Crippen LogP contribution in [0, 0.1) is 0 Å².